The van der Waals surface area contributed by atoms with E-state index in [9.17, 15) is 4.79 Å². The SMILES string of the molecule is CN(C)C(=O)CN=C(NCCc1cccs1)NCc1ccco1.I. The van der Waals surface area contributed by atoms with Gasteiger partial charge in [-0.3, -0.25) is 4.79 Å². The Kier molecular flexibility index (Phi) is 9.46. The van der Waals surface area contributed by atoms with Gasteiger partial charge in [0.25, 0.3) is 0 Å². The van der Waals surface area contributed by atoms with Gasteiger partial charge in [0, 0.05) is 25.5 Å². The number of hydrogen-bond acceptors (Lipinski definition) is 4. The third-order valence-corrected chi connectivity index (χ3v) is 4.06. The zero-order valence-electron chi connectivity index (χ0n) is 13.8. The summed E-state index contributed by atoms with van der Waals surface area (Å²) < 4.78 is 5.29. The molecule has 8 heteroatoms. The minimum absolute atomic E-state index is 0. The summed E-state index contributed by atoms with van der Waals surface area (Å²) in [5, 5.41) is 8.49. The molecule has 2 rings (SSSR count). The number of rotatable bonds is 7. The Bertz CT molecular complexity index is 612. The van der Waals surface area contributed by atoms with Gasteiger partial charge in [-0.05, 0) is 30.0 Å². The van der Waals surface area contributed by atoms with Crippen LogP contribution in [-0.4, -0.2) is 44.0 Å². The molecule has 0 saturated carbocycles. The summed E-state index contributed by atoms with van der Waals surface area (Å²) >= 11 is 1.73. The van der Waals surface area contributed by atoms with Crippen LogP contribution >= 0.6 is 35.3 Å². The molecular weight excluding hydrogens is 439 g/mol. The van der Waals surface area contributed by atoms with Crippen LogP contribution in [0.25, 0.3) is 0 Å². The van der Waals surface area contributed by atoms with Gasteiger partial charge >= 0.3 is 0 Å². The van der Waals surface area contributed by atoms with Crippen molar-refractivity contribution in [1.82, 2.24) is 15.5 Å². The molecule has 0 atom stereocenters. The van der Waals surface area contributed by atoms with Gasteiger partial charge in [0.1, 0.15) is 12.3 Å². The zero-order chi connectivity index (χ0) is 16.5. The lowest BCUT2D eigenvalue weighted by atomic mass is 10.3. The molecule has 2 N–H and O–H groups in total. The van der Waals surface area contributed by atoms with Crippen LogP contribution in [0.2, 0.25) is 0 Å². The summed E-state index contributed by atoms with van der Waals surface area (Å²) in [6.07, 6.45) is 2.55. The minimum atomic E-state index is -0.0395. The number of amides is 1. The highest BCUT2D eigenvalue weighted by Crippen LogP contribution is 2.08. The third-order valence-electron chi connectivity index (χ3n) is 3.13. The van der Waals surface area contributed by atoms with E-state index in [1.165, 1.54) is 9.78 Å². The fourth-order valence-corrected chi connectivity index (χ4v) is 2.51. The Morgan fingerprint density at radius 2 is 2.12 bits per heavy atom. The molecule has 0 unspecified atom stereocenters. The van der Waals surface area contributed by atoms with E-state index in [-0.39, 0.29) is 36.4 Å². The number of guanidine groups is 1. The van der Waals surface area contributed by atoms with Gasteiger partial charge in [-0.2, -0.15) is 0 Å². The topological polar surface area (TPSA) is 69.9 Å². The molecule has 0 aliphatic rings. The van der Waals surface area contributed by atoms with Crippen molar-refractivity contribution in [1.29, 1.82) is 0 Å². The second-order valence-corrected chi connectivity index (χ2v) is 6.17. The normalized spacial score (nSPS) is 10.8. The highest BCUT2D eigenvalue weighted by molar-refractivity contribution is 14.0. The number of likely N-dealkylation sites (N-methyl/N-ethyl adjacent to an activating group) is 1. The number of carbonyl (C=O) groups is 1. The number of aliphatic imine (C=N–C) groups is 1. The standard InChI is InChI=1S/C16H22N4O2S.HI/c1-20(2)15(21)12-19-16(18-11-13-5-3-9-22-13)17-8-7-14-6-4-10-23-14;/h3-6,9-10H,7-8,11-12H2,1-2H3,(H2,17,18,19);1H. The smallest absolute Gasteiger partial charge is 0.243 e. The van der Waals surface area contributed by atoms with Crippen molar-refractivity contribution in [2.75, 3.05) is 27.2 Å². The second-order valence-electron chi connectivity index (χ2n) is 5.14. The first-order valence-electron chi connectivity index (χ1n) is 7.42. The van der Waals surface area contributed by atoms with Gasteiger partial charge in [-0.15, -0.1) is 35.3 Å². The lowest BCUT2D eigenvalue weighted by molar-refractivity contribution is -0.127. The van der Waals surface area contributed by atoms with Crippen LogP contribution in [0, 0.1) is 0 Å². The van der Waals surface area contributed by atoms with Gasteiger partial charge in [0.15, 0.2) is 5.96 Å². The maximum Gasteiger partial charge on any atom is 0.243 e. The van der Waals surface area contributed by atoms with Crippen LogP contribution in [0.15, 0.2) is 45.3 Å². The Morgan fingerprint density at radius 3 is 2.75 bits per heavy atom. The summed E-state index contributed by atoms with van der Waals surface area (Å²) in [4.78, 5) is 18.9. The number of hydrogen-bond donors (Lipinski definition) is 2. The molecule has 0 spiro atoms. The molecule has 0 aromatic carbocycles. The van der Waals surface area contributed by atoms with Crippen LogP contribution < -0.4 is 10.6 Å². The Labute approximate surface area is 163 Å². The lowest BCUT2D eigenvalue weighted by Gasteiger charge is -2.13. The van der Waals surface area contributed by atoms with Crippen molar-refractivity contribution in [3.8, 4) is 0 Å². The first-order valence-corrected chi connectivity index (χ1v) is 8.30. The maximum absolute atomic E-state index is 11.7. The summed E-state index contributed by atoms with van der Waals surface area (Å²) in [5.74, 6) is 1.38. The second kappa shape index (κ2) is 11.1. The fraction of sp³-hybridized carbons (Fsp3) is 0.375. The summed E-state index contributed by atoms with van der Waals surface area (Å²) in [5.41, 5.74) is 0. The summed E-state index contributed by atoms with van der Waals surface area (Å²) in [6, 6.07) is 7.88. The number of thiophene rings is 1. The van der Waals surface area contributed by atoms with Gasteiger partial charge in [-0.1, -0.05) is 6.07 Å². The predicted octanol–water partition coefficient (Wildman–Crippen LogP) is 2.33. The van der Waals surface area contributed by atoms with Gasteiger partial charge in [0.05, 0.1) is 12.8 Å². The predicted molar refractivity (Wildman–Crippen MR) is 108 cm³/mol. The van der Waals surface area contributed by atoms with Crippen LogP contribution in [0.4, 0.5) is 0 Å². The van der Waals surface area contributed by atoms with Crippen molar-refractivity contribution in [2.45, 2.75) is 13.0 Å². The van der Waals surface area contributed by atoms with Crippen molar-refractivity contribution in [2.24, 2.45) is 4.99 Å². The molecule has 6 nitrogen and oxygen atoms in total. The van der Waals surface area contributed by atoms with E-state index in [1.54, 1.807) is 31.7 Å². The largest absolute Gasteiger partial charge is 0.467 e. The fourth-order valence-electron chi connectivity index (χ4n) is 1.81. The average molecular weight is 462 g/mol. The molecule has 0 aliphatic carbocycles. The molecular formula is C16H23IN4O2S. The average Bonchev–Trinajstić information content (AvgIpc) is 3.22. The number of nitrogens with zero attached hydrogens (tertiary/aromatic N) is 2. The molecule has 2 aromatic rings. The quantitative estimate of drug-likeness (QED) is 0.377. The van der Waals surface area contributed by atoms with E-state index in [2.05, 4.69) is 27.1 Å². The first-order chi connectivity index (χ1) is 11.1. The monoisotopic (exact) mass is 462 g/mol. The molecule has 0 bridgehead atoms. The molecule has 0 saturated heterocycles. The van der Waals surface area contributed by atoms with Crippen LogP contribution in [0.1, 0.15) is 10.6 Å². The van der Waals surface area contributed by atoms with E-state index in [1.807, 2.05) is 18.2 Å². The maximum atomic E-state index is 11.7. The van der Waals surface area contributed by atoms with Gasteiger partial charge in [0.2, 0.25) is 5.91 Å². The van der Waals surface area contributed by atoms with E-state index in [0.717, 1.165) is 18.7 Å². The van der Waals surface area contributed by atoms with E-state index in [4.69, 9.17) is 4.42 Å². The molecule has 24 heavy (non-hydrogen) atoms. The zero-order valence-corrected chi connectivity index (χ0v) is 17.0. The number of furan rings is 1. The summed E-state index contributed by atoms with van der Waals surface area (Å²) in [6.45, 7) is 1.38. The molecule has 1 amide bonds. The Hall–Kier alpha value is -1.55. The summed E-state index contributed by atoms with van der Waals surface area (Å²) in [7, 11) is 3.44. The lowest BCUT2D eigenvalue weighted by Crippen LogP contribution is -2.39. The van der Waals surface area contributed by atoms with Crippen molar-refractivity contribution >= 4 is 47.2 Å². The highest BCUT2D eigenvalue weighted by atomic mass is 127. The van der Waals surface area contributed by atoms with Gasteiger partial charge < -0.3 is 20.0 Å². The van der Waals surface area contributed by atoms with E-state index >= 15 is 0 Å². The third kappa shape index (κ3) is 7.35. The number of halogens is 1. The molecule has 0 fully saturated rings. The Balaban J connectivity index is 0.00000288. The van der Waals surface area contributed by atoms with E-state index in [0.29, 0.717) is 12.5 Å². The molecule has 2 heterocycles. The molecule has 0 aliphatic heterocycles. The van der Waals surface area contributed by atoms with E-state index < -0.39 is 0 Å². The number of carbonyl (C=O) groups excluding carboxylic acids is 1. The Morgan fingerprint density at radius 1 is 1.29 bits per heavy atom. The first kappa shape index (κ1) is 20.5. The van der Waals surface area contributed by atoms with Gasteiger partial charge in [-0.25, -0.2) is 4.99 Å². The van der Waals surface area contributed by atoms with Crippen LogP contribution in [0.5, 0.6) is 0 Å². The van der Waals surface area contributed by atoms with Crippen LogP contribution in [0.3, 0.4) is 0 Å². The van der Waals surface area contributed by atoms with Crippen molar-refractivity contribution in [3.63, 3.8) is 0 Å². The van der Waals surface area contributed by atoms with Crippen molar-refractivity contribution in [3.05, 3.63) is 46.5 Å². The molecule has 132 valence electrons. The minimum Gasteiger partial charge on any atom is -0.467 e. The number of nitrogens with one attached hydrogen (secondary N) is 2. The molecule has 2 aromatic heterocycles. The molecule has 0 radical (unpaired) electrons. The van der Waals surface area contributed by atoms with Crippen molar-refractivity contribution < 1.29 is 9.21 Å². The highest BCUT2D eigenvalue weighted by Gasteiger charge is 2.05. The van der Waals surface area contributed by atoms with Crippen LogP contribution in [-0.2, 0) is 17.8 Å².